The molecule has 0 spiro atoms. The van der Waals surface area contributed by atoms with Crippen LogP contribution < -0.4 is 118 Å². The summed E-state index contributed by atoms with van der Waals surface area (Å²) >= 11 is 8.80. The summed E-state index contributed by atoms with van der Waals surface area (Å²) < 4.78 is 6.29. The average molecular weight is 374 g/mol. The predicted molar refractivity (Wildman–Crippen MR) is 55.8 cm³/mol. The summed E-state index contributed by atoms with van der Waals surface area (Å²) in [6, 6.07) is 7.69. The summed E-state index contributed by atoms with van der Waals surface area (Å²) in [4.78, 5) is 8.33. The minimum atomic E-state index is -2.33. The van der Waals surface area contributed by atoms with Crippen LogP contribution in [0.5, 0.6) is 5.75 Å². The van der Waals surface area contributed by atoms with Gasteiger partial charge in [0.2, 0.25) is 0 Å². The van der Waals surface area contributed by atoms with Crippen molar-refractivity contribution in [1.82, 2.24) is 0 Å². The Hall–Kier alpha value is 2.33. The molecule has 1 rings (SSSR count). The van der Waals surface area contributed by atoms with E-state index in [-0.39, 0.29) is 103 Å². The first kappa shape index (κ1) is 24.4. The van der Waals surface area contributed by atoms with Crippen molar-refractivity contribution in [3.8, 4) is 5.75 Å². The van der Waals surface area contributed by atoms with Crippen LogP contribution in [0.15, 0.2) is 28.7 Å². The van der Waals surface area contributed by atoms with Gasteiger partial charge in [0.15, 0.2) is 0 Å². The number of alkyl halides is 1. The van der Waals surface area contributed by atoms with Gasteiger partial charge in [-0.15, -0.1) is 11.6 Å². The second-order valence-corrected chi connectivity index (χ2v) is 3.54. The van der Waals surface area contributed by atoms with E-state index in [9.17, 15) is 0 Å². The number of carbonyl (C=O) groups is 1. The molecule has 0 unspecified atom stereocenters. The van der Waals surface area contributed by atoms with Crippen LogP contribution in [0, 0.1) is 0 Å². The number of carboxylic acid groups (broad SMARTS) is 2. The molecule has 0 saturated heterocycles. The predicted octanol–water partition coefficient (Wildman–Crippen LogP) is -5.37. The van der Waals surface area contributed by atoms with Crippen molar-refractivity contribution >= 4 is 33.7 Å². The SMILES string of the molecule is ClCCOc1cccc(Br)c1.O=C([O-])[O-].[K+].[K+]. The minimum Gasteiger partial charge on any atom is -0.652 e. The molecule has 0 bridgehead atoms. The second kappa shape index (κ2) is 16.4. The Morgan fingerprint density at radius 2 is 1.88 bits per heavy atom. The number of ether oxygens (including phenoxy) is 1. The topological polar surface area (TPSA) is 72.4 Å². The molecule has 84 valence electrons. The first-order valence-electron chi connectivity index (χ1n) is 3.88. The summed E-state index contributed by atoms with van der Waals surface area (Å²) in [5, 5.41) is 16.7. The molecule has 0 aromatic heterocycles. The zero-order valence-electron chi connectivity index (χ0n) is 9.61. The molecule has 0 heterocycles. The number of hydrogen-bond donors (Lipinski definition) is 0. The summed E-state index contributed by atoms with van der Waals surface area (Å²) in [7, 11) is 0. The molecule has 0 radical (unpaired) electrons. The summed E-state index contributed by atoms with van der Waals surface area (Å²) in [6.07, 6.45) is -2.33. The molecule has 0 fully saturated rings. The Morgan fingerprint density at radius 1 is 1.35 bits per heavy atom. The molecular weight excluding hydrogens is 366 g/mol. The molecule has 0 aliphatic carbocycles. The third-order valence-electron chi connectivity index (χ3n) is 1.14. The third kappa shape index (κ3) is 18.3. The Labute approximate surface area is 198 Å². The van der Waals surface area contributed by atoms with Gasteiger partial charge in [-0.3, -0.25) is 0 Å². The largest absolute Gasteiger partial charge is 1.00 e. The first-order valence-corrected chi connectivity index (χ1v) is 5.21. The average Bonchev–Trinajstić information content (AvgIpc) is 2.14. The van der Waals surface area contributed by atoms with Crippen LogP contribution in [-0.2, 0) is 0 Å². The normalized spacial score (nSPS) is 7.65. The molecular formula is C9H8BrClK2O4. The fourth-order valence-electron chi connectivity index (χ4n) is 0.713. The van der Waals surface area contributed by atoms with Gasteiger partial charge >= 0.3 is 103 Å². The molecule has 4 nitrogen and oxygen atoms in total. The van der Waals surface area contributed by atoms with Crippen LogP contribution in [0.25, 0.3) is 0 Å². The van der Waals surface area contributed by atoms with Gasteiger partial charge in [-0.25, -0.2) is 0 Å². The van der Waals surface area contributed by atoms with Gasteiger partial charge in [0.1, 0.15) is 12.4 Å². The van der Waals surface area contributed by atoms with Crippen molar-refractivity contribution in [3.63, 3.8) is 0 Å². The molecule has 0 aliphatic rings. The fraction of sp³-hybridized carbons (Fsp3) is 0.222. The zero-order valence-corrected chi connectivity index (χ0v) is 18.2. The van der Waals surface area contributed by atoms with Crippen LogP contribution in [0.3, 0.4) is 0 Å². The molecule has 1 aromatic carbocycles. The number of benzene rings is 1. The maximum absolute atomic E-state index is 8.33. The van der Waals surface area contributed by atoms with Gasteiger partial charge < -0.3 is 19.7 Å². The van der Waals surface area contributed by atoms with Crippen LogP contribution in [-0.4, -0.2) is 18.6 Å². The molecule has 17 heavy (non-hydrogen) atoms. The van der Waals surface area contributed by atoms with E-state index in [4.69, 9.17) is 31.3 Å². The van der Waals surface area contributed by atoms with Gasteiger partial charge in [-0.05, 0) is 24.4 Å². The molecule has 1 aromatic rings. The summed E-state index contributed by atoms with van der Waals surface area (Å²) in [5.41, 5.74) is 0. The summed E-state index contributed by atoms with van der Waals surface area (Å²) in [6.45, 7) is 0.554. The van der Waals surface area contributed by atoms with Crippen LogP contribution in [0.1, 0.15) is 0 Å². The van der Waals surface area contributed by atoms with E-state index in [1.54, 1.807) is 0 Å². The molecule has 8 heteroatoms. The van der Waals surface area contributed by atoms with Crippen LogP contribution >= 0.6 is 27.5 Å². The monoisotopic (exact) mass is 372 g/mol. The minimum absolute atomic E-state index is 0. The van der Waals surface area contributed by atoms with E-state index in [0.29, 0.717) is 12.5 Å². The quantitative estimate of drug-likeness (QED) is 0.392. The van der Waals surface area contributed by atoms with Gasteiger partial charge in [-0.1, -0.05) is 22.0 Å². The van der Waals surface area contributed by atoms with Gasteiger partial charge in [0, 0.05) is 4.47 Å². The second-order valence-electron chi connectivity index (χ2n) is 2.24. The Bertz CT molecular complexity index is 311. The van der Waals surface area contributed by atoms with Crippen molar-refractivity contribution < 1.29 is 123 Å². The number of halogens is 2. The zero-order chi connectivity index (χ0) is 11.7. The molecule has 0 amide bonds. The van der Waals surface area contributed by atoms with E-state index in [1.807, 2.05) is 24.3 Å². The van der Waals surface area contributed by atoms with Crippen molar-refractivity contribution in [3.05, 3.63) is 28.7 Å². The van der Waals surface area contributed by atoms with E-state index in [1.165, 1.54) is 0 Å². The molecule has 0 N–H and O–H groups in total. The van der Waals surface area contributed by atoms with Crippen molar-refractivity contribution in [1.29, 1.82) is 0 Å². The molecule has 0 atom stereocenters. The Morgan fingerprint density at radius 3 is 2.29 bits per heavy atom. The van der Waals surface area contributed by atoms with E-state index >= 15 is 0 Å². The number of hydrogen-bond acceptors (Lipinski definition) is 4. The van der Waals surface area contributed by atoms with Crippen LogP contribution in [0.4, 0.5) is 4.79 Å². The first-order chi connectivity index (χ1) is 7.06. The van der Waals surface area contributed by atoms with Gasteiger partial charge in [0.25, 0.3) is 0 Å². The van der Waals surface area contributed by atoms with Gasteiger partial charge in [-0.2, -0.15) is 0 Å². The van der Waals surface area contributed by atoms with Crippen molar-refractivity contribution in [2.75, 3.05) is 12.5 Å². The third-order valence-corrected chi connectivity index (χ3v) is 1.79. The Balaban J connectivity index is -0.000000289. The number of carbonyl (C=O) groups excluding carboxylic acids is 1. The van der Waals surface area contributed by atoms with E-state index in [2.05, 4.69) is 15.9 Å². The van der Waals surface area contributed by atoms with Gasteiger partial charge in [0.05, 0.1) is 5.88 Å². The smallest absolute Gasteiger partial charge is 0.652 e. The summed E-state index contributed by atoms with van der Waals surface area (Å²) in [5.74, 6) is 1.37. The van der Waals surface area contributed by atoms with Crippen molar-refractivity contribution in [2.45, 2.75) is 0 Å². The number of rotatable bonds is 3. The fourth-order valence-corrected chi connectivity index (χ4v) is 1.17. The van der Waals surface area contributed by atoms with Crippen LogP contribution in [0.2, 0.25) is 0 Å². The molecule has 0 aliphatic heterocycles. The van der Waals surface area contributed by atoms with E-state index < -0.39 is 6.16 Å². The maximum atomic E-state index is 8.33. The standard InChI is InChI=1S/C8H8BrClO.CH2O3.2K/c9-7-2-1-3-8(6-7)11-5-4-10;2-1(3)4;;/h1-3,6H,4-5H2;(H2,2,3,4);;/q;;2*+1/p-2. The van der Waals surface area contributed by atoms with E-state index in [0.717, 1.165) is 10.2 Å². The maximum Gasteiger partial charge on any atom is 1.00 e. The Kier molecular flexibility index (Phi) is 23.5. The molecule has 0 saturated carbocycles. The van der Waals surface area contributed by atoms with Crippen molar-refractivity contribution in [2.24, 2.45) is 0 Å².